The van der Waals surface area contributed by atoms with Gasteiger partial charge in [-0.1, -0.05) is 62.6 Å². The molecule has 0 saturated carbocycles. The van der Waals surface area contributed by atoms with Gasteiger partial charge in [0.15, 0.2) is 5.78 Å². The molecule has 0 heterocycles. The van der Waals surface area contributed by atoms with E-state index in [9.17, 15) is 4.79 Å². The number of carbonyl (C=O) groups excluding carboxylic acids is 1. The number of ketones is 1. The van der Waals surface area contributed by atoms with Crippen LogP contribution in [0.2, 0.25) is 0 Å². The largest absolute Gasteiger partial charge is 0.290 e. The zero-order chi connectivity index (χ0) is 15.6. The van der Waals surface area contributed by atoms with Crippen LogP contribution in [0.5, 0.6) is 0 Å². The highest BCUT2D eigenvalue weighted by atomic mass is 127. The fourth-order valence-corrected chi connectivity index (χ4v) is 4.69. The van der Waals surface area contributed by atoms with Crippen LogP contribution in [0.1, 0.15) is 50.2 Å². The van der Waals surface area contributed by atoms with Crippen LogP contribution in [-0.2, 0) is 10.2 Å². The Hall–Kier alpha value is -1.16. The molecule has 0 fully saturated rings. The maximum absolute atomic E-state index is 11.6. The first-order chi connectivity index (χ1) is 10.7. The summed E-state index contributed by atoms with van der Waals surface area (Å²) in [5, 5.41) is 0. The molecular formula is C20H21IO. The molecule has 2 heteroatoms. The van der Waals surface area contributed by atoms with Crippen molar-refractivity contribution in [2.75, 3.05) is 0 Å². The number of benzene rings is 1. The van der Waals surface area contributed by atoms with E-state index in [0.717, 1.165) is 6.42 Å². The van der Waals surface area contributed by atoms with Crippen molar-refractivity contribution in [2.45, 2.75) is 44.4 Å². The zero-order valence-corrected chi connectivity index (χ0v) is 15.1. The average molecular weight is 404 g/mol. The summed E-state index contributed by atoms with van der Waals surface area (Å²) in [6, 6.07) is 8.61. The number of rotatable bonds is 5. The van der Waals surface area contributed by atoms with E-state index in [1.165, 1.54) is 46.0 Å². The maximum atomic E-state index is 11.6. The lowest BCUT2D eigenvalue weighted by Crippen LogP contribution is -2.24. The van der Waals surface area contributed by atoms with Gasteiger partial charge in [0.25, 0.3) is 0 Å². The molecule has 0 unspecified atom stereocenters. The standard InChI is InChI=1S/C20H21IO/c1-2-3-4-5-10-18-19(21)16-8-6-7-9-17(16)20(18)13-11-15(22)12-14-20/h6-9,11-14H,2-5,10H2,1H3. The van der Waals surface area contributed by atoms with Gasteiger partial charge in [0.1, 0.15) is 0 Å². The zero-order valence-electron chi connectivity index (χ0n) is 12.9. The Morgan fingerprint density at radius 3 is 2.50 bits per heavy atom. The van der Waals surface area contributed by atoms with Crippen molar-refractivity contribution < 1.29 is 4.79 Å². The highest BCUT2D eigenvalue weighted by Crippen LogP contribution is 2.53. The minimum Gasteiger partial charge on any atom is -0.290 e. The lowest BCUT2D eigenvalue weighted by atomic mass is 9.73. The Morgan fingerprint density at radius 1 is 1.05 bits per heavy atom. The van der Waals surface area contributed by atoms with E-state index >= 15 is 0 Å². The number of hydrogen-bond donors (Lipinski definition) is 0. The van der Waals surface area contributed by atoms with Crippen LogP contribution in [0.4, 0.5) is 0 Å². The molecule has 0 radical (unpaired) electrons. The van der Waals surface area contributed by atoms with Gasteiger partial charge < -0.3 is 0 Å². The summed E-state index contributed by atoms with van der Waals surface area (Å²) in [5.74, 6) is 0.0929. The highest BCUT2D eigenvalue weighted by Gasteiger charge is 2.41. The van der Waals surface area contributed by atoms with E-state index in [2.05, 4.69) is 65.9 Å². The average Bonchev–Trinajstić information content (AvgIpc) is 2.77. The molecule has 0 aliphatic heterocycles. The number of fused-ring (bicyclic) bond motifs is 2. The quantitative estimate of drug-likeness (QED) is 0.451. The van der Waals surface area contributed by atoms with Gasteiger partial charge in [-0.3, -0.25) is 4.79 Å². The fourth-order valence-electron chi connectivity index (χ4n) is 3.51. The Labute approximate surface area is 146 Å². The van der Waals surface area contributed by atoms with E-state index < -0.39 is 0 Å². The first-order valence-electron chi connectivity index (χ1n) is 8.10. The van der Waals surface area contributed by atoms with Crippen LogP contribution < -0.4 is 0 Å². The van der Waals surface area contributed by atoms with Gasteiger partial charge in [-0.25, -0.2) is 0 Å². The summed E-state index contributed by atoms with van der Waals surface area (Å²) in [6.07, 6.45) is 13.9. The molecule has 22 heavy (non-hydrogen) atoms. The van der Waals surface area contributed by atoms with Gasteiger partial charge in [0, 0.05) is 3.58 Å². The molecule has 0 aromatic heterocycles. The van der Waals surface area contributed by atoms with Crippen molar-refractivity contribution >= 4 is 32.0 Å². The van der Waals surface area contributed by atoms with E-state index in [-0.39, 0.29) is 11.2 Å². The van der Waals surface area contributed by atoms with Crippen molar-refractivity contribution in [1.29, 1.82) is 0 Å². The van der Waals surface area contributed by atoms with Gasteiger partial charge in [-0.05, 0) is 64.3 Å². The Balaban J connectivity index is 1.99. The topological polar surface area (TPSA) is 17.1 Å². The van der Waals surface area contributed by atoms with E-state index in [1.54, 1.807) is 12.2 Å². The fraction of sp³-hybridized carbons (Fsp3) is 0.350. The predicted octanol–water partition coefficient (Wildman–Crippen LogP) is 5.75. The molecule has 0 atom stereocenters. The third-order valence-electron chi connectivity index (χ3n) is 4.67. The smallest absolute Gasteiger partial charge is 0.178 e. The van der Waals surface area contributed by atoms with E-state index in [1.807, 2.05) is 0 Å². The molecule has 2 aliphatic rings. The Kier molecular flexibility index (Phi) is 4.67. The molecule has 0 amide bonds. The molecule has 2 aliphatic carbocycles. The number of allylic oxidation sites excluding steroid dienone is 5. The van der Waals surface area contributed by atoms with Gasteiger partial charge in [0.05, 0.1) is 5.41 Å². The van der Waals surface area contributed by atoms with E-state index in [0.29, 0.717) is 0 Å². The second kappa shape index (κ2) is 6.53. The molecule has 0 bridgehead atoms. The normalized spacial score (nSPS) is 18.4. The second-order valence-electron chi connectivity index (χ2n) is 6.09. The molecule has 0 N–H and O–H groups in total. The highest BCUT2D eigenvalue weighted by molar-refractivity contribution is 14.1. The lowest BCUT2D eigenvalue weighted by Gasteiger charge is -2.29. The number of halogens is 1. The van der Waals surface area contributed by atoms with Crippen molar-refractivity contribution in [2.24, 2.45) is 0 Å². The molecule has 1 nitrogen and oxygen atoms in total. The Morgan fingerprint density at radius 2 is 1.77 bits per heavy atom. The molecule has 114 valence electrons. The van der Waals surface area contributed by atoms with Gasteiger partial charge >= 0.3 is 0 Å². The first-order valence-corrected chi connectivity index (χ1v) is 9.18. The van der Waals surface area contributed by atoms with Gasteiger partial charge in [-0.2, -0.15) is 0 Å². The van der Waals surface area contributed by atoms with Crippen molar-refractivity contribution in [3.63, 3.8) is 0 Å². The molecule has 1 aromatic carbocycles. The molecule has 1 spiro atoms. The van der Waals surface area contributed by atoms with Gasteiger partial charge in [0.2, 0.25) is 0 Å². The van der Waals surface area contributed by atoms with Crippen LogP contribution in [0, 0.1) is 0 Å². The summed E-state index contributed by atoms with van der Waals surface area (Å²) in [5.41, 5.74) is 3.93. The van der Waals surface area contributed by atoms with Crippen LogP contribution in [0.15, 0.2) is 54.1 Å². The van der Waals surface area contributed by atoms with Crippen molar-refractivity contribution in [3.05, 3.63) is 65.3 Å². The number of carbonyl (C=O) groups is 1. The monoisotopic (exact) mass is 404 g/mol. The SMILES string of the molecule is CCCCCCC1=C(I)c2ccccc2C12C=CC(=O)C=C2. The lowest BCUT2D eigenvalue weighted by molar-refractivity contribution is -0.110. The predicted molar refractivity (Wildman–Crippen MR) is 101 cm³/mol. The minimum atomic E-state index is -0.187. The summed E-state index contributed by atoms with van der Waals surface area (Å²) >= 11 is 2.49. The molecule has 3 rings (SSSR count). The third-order valence-corrected chi connectivity index (χ3v) is 5.91. The van der Waals surface area contributed by atoms with Crippen LogP contribution in [-0.4, -0.2) is 5.78 Å². The first kappa shape index (κ1) is 15.7. The Bertz CT molecular complexity index is 663. The number of hydrogen-bond acceptors (Lipinski definition) is 1. The van der Waals surface area contributed by atoms with Crippen LogP contribution >= 0.6 is 22.6 Å². The molecule has 0 saturated heterocycles. The van der Waals surface area contributed by atoms with Gasteiger partial charge in [-0.15, -0.1) is 0 Å². The maximum Gasteiger partial charge on any atom is 0.178 e. The van der Waals surface area contributed by atoms with Crippen molar-refractivity contribution in [3.8, 4) is 0 Å². The number of unbranched alkanes of at least 4 members (excludes halogenated alkanes) is 3. The molecule has 1 aromatic rings. The minimum absolute atomic E-state index is 0.0929. The molecular weight excluding hydrogens is 383 g/mol. The van der Waals surface area contributed by atoms with E-state index in [4.69, 9.17) is 0 Å². The summed E-state index contributed by atoms with van der Waals surface area (Å²) in [4.78, 5) is 11.6. The summed E-state index contributed by atoms with van der Waals surface area (Å²) in [7, 11) is 0. The summed E-state index contributed by atoms with van der Waals surface area (Å²) in [6.45, 7) is 2.24. The second-order valence-corrected chi connectivity index (χ2v) is 7.17. The third kappa shape index (κ3) is 2.62. The van der Waals surface area contributed by atoms with Crippen molar-refractivity contribution in [1.82, 2.24) is 0 Å². The van der Waals surface area contributed by atoms with Crippen LogP contribution in [0.25, 0.3) is 3.58 Å². The van der Waals surface area contributed by atoms with Crippen LogP contribution in [0.3, 0.4) is 0 Å². The summed E-state index contributed by atoms with van der Waals surface area (Å²) < 4.78 is 1.37.